The highest BCUT2D eigenvalue weighted by Crippen LogP contribution is 2.35. The predicted molar refractivity (Wildman–Crippen MR) is 129 cm³/mol. The first-order valence-corrected chi connectivity index (χ1v) is 9.78. The van der Waals surface area contributed by atoms with E-state index < -0.39 is 17.3 Å². The van der Waals surface area contributed by atoms with E-state index in [1.807, 2.05) is 18.5 Å². The molecule has 7 nitrogen and oxygen atoms in total. The molecule has 0 saturated carbocycles. The van der Waals surface area contributed by atoms with Gasteiger partial charge in [0.2, 0.25) is 0 Å². The van der Waals surface area contributed by atoms with Crippen LogP contribution in [0, 0.1) is 6.92 Å². The number of aromatic nitrogens is 3. The van der Waals surface area contributed by atoms with Crippen molar-refractivity contribution >= 4 is 29.9 Å². The molecule has 1 heterocycles. The van der Waals surface area contributed by atoms with E-state index >= 15 is 0 Å². The summed E-state index contributed by atoms with van der Waals surface area (Å²) in [6.07, 6.45) is -2.90. The van der Waals surface area contributed by atoms with Crippen LogP contribution in [0.15, 0.2) is 35.8 Å². The molecule has 0 saturated heterocycles. The van der Waals surface area contributed by atoms with Crippen molar-refractivity contribution in [3.05, 3.63) is 53.6 Å². The molecule has 2 N–H and O–H groups in total. The number of aryl methyl sites for hydroxylation is 1. The van der Waals surface area contributed by atoms with Gasteiger partial charge in [-0.15, -0.1) is 40.8 Å². The van der Waals surface area contributed by atoms with E-state index in [1.54, 1.807) is 26.8 Å². The Labute approximate surface area is 203 Å². The van der Waals surface area contributed by atoms with Crippen molar-refractivity contribution in [3.63, 3.8) is 0 Å². The molecule has 0 unspecified atom stereocenters. The van der Waals surface area contributed by atoms with Crippen molar-refractivity contribution in [2.45, 2.75) is 52.6 Å². The lowest BCUT2D eigenvalue weighted by molar-refractivity contribution is -0.138. The lowest BCUT2D eigenvalue weighted by atomic mass is 10.1. The third kappa shape index (κ3) is 8.32. The fraction of sp³-hybridized carbons (Fsp3) is 0.476. The van der Waals surface area contributed by atoms with Gasteiger partial charge in [0, 0.05) is 13.6 Å². The van der Waals surface area contributed by atoms with Gasteiger partial charge in [0.1, 0.15) is 17.2 Å². The smallest absolute Gasteiger partial charge is 0.416 e. The highest BCUT2D eigenvalue weighted by Gasteiger charge is 2.34. The minimum Gasteiger partial charge on any atom is -0.488 e. The number of hydrogen-bond acceptors (Lipinski definition) is 4. The molecule has 1 aromatic carbocycles. The second-order valence-electron chi connectivity index (χ2n) is 7.94. The summed E-state index contributed by atoms with van der Waals surface area (Å²) < 4.78 is 48.3. The van der Waals surface area contributed by atoms with Gasteiger partial charge in [-0.25, -0.2) is 4.99 Å². The largest absolute Gasteiger partial charge is 0.488 e. The van der Waals surface area contributed by atoms with Gasteiger partial charge < -0.3 is 19.9 Å². The summed E-state index contributed by atoms with van der Waals surface area (Å²) in [6.45, 7) is 11.3. The summed E-state index contributed by atoms with van der Waals surface area (Å²) in [7, 11) is 1.83. The number of rotatable bonds is 7. The monoisotopic (exact) mass is 566 g/mol. The second kappa shape index (κ2) is 11.5. The van der Waals surface area contributed by atoms with Gasteiger partial charge in [-0.3, -0.25) is 0 Å². The third-order valence-corrected chi connectivity index (χ3v) is 4.23. The minimum absolute atomic E-state index is 0. The molecule has 0 aliphatic rings. The molecule has 2 aromatic rings. The quantitative estimate of drug-likeness (QED) is 0.226. The lowest BCUT2D eigenvalue weighted by Gasteiger charge is -2.22. The number of hydrogen-bond donors (Lipinski definition) is 2. The molecule has 0 aliphatic heterocycles. The van der Waals surface area contributed by atoms with Gasteiger partial charge in [-0.1, -0.05) is 12.1 Å². The predicted octanol–water partition coefficient (Wildman–Crippen LogP) is 4.36. The Morgan fingerprint density at radius 2 is 1.91 bits per heavy atom. The average Bonchev–Trinajstić information content (AvgIpc) is 2.98. The van der Waals surface area contributed by atoms with E-state index in [9.17, 15) is 13.2 Å². The molecule has 0 atom stereocenters. The first-order valence-electron chi connectivity index (χ1n) is 9.78. The second-order valence-corrected chi connectivity index (χ2v) is 7.94. The molecule has 2 rings (SSSR count). The normalized spacial score (nSPS) is 12.2. The van der Waals surface area contributed by atoms with Crippen molar-refractivity contribution < 1.29 is 17.9 Å². The van der Waals surface area contributed by atoms with Crippen molar-refractivity contribution in [2.24, 2.45) is 12.0 Å². The van der Waals surface area contributed by atoms with Gasteiger partial charge in [0.05, 0.1) is 18.7 Å². The maximum Gasteiger partial charge on any atom is 0.416 e. The SMILES string of the molecule is C=CCNC(=NCc1ccc(OC(C)(C)C)cc1C(F)(F)F)NCc1nnc(C)n1C.I. The van der Waals surface area contributed by atoms with Gasteiger partial charge in [-0.05, 0) is 45.4 Å². The number of aliphatic imine (C=N–C) groups is 1. The van der Waals surface area contributed by atoms with E-state index in [-0.39, 0.29) is 41.8 Å². The van der Waals surface area contributed by atoms with E-state index in [0.717, 1.165) is 11.9 Å². The Hall–Kier alpha value is -2.31. The van der Waals surface area contributed by atoms with Crippen LogP contribution >= 0.6 is 24.0 Å². The first-order chi connectivity index (χ1) is 14.4. The van der Waals surface area contributed by atoms with Crippen LogP contribution in [0.25, 0.3) is 0 Å². The van der Waals surface area contributed by atoms with Gasteiger partial charge in [0.25, 0.3) is 0 Å². The van der Waals surface area contributed by atoms with Crippen molar-refractivity contribution in [3.8, 4) is 5.75 Å². The van der Waals surface area contributed by atoms with Crippen LogP contribution in [-0.2, 0) is 26.3 Å². The number of nitrogens with one attached hydrogen (secondary N) is 2. The molecule has 0 bridgehead atoms. The summed E-state index contributed by atoms with van der Waals surface area (Å²) in [5, 5.41) is 14.1. The molecule has 0 aliphatic carbocycles. The van der Waals surface area contributed by atoms with Gasteiger partial charge in [0.15, 0.2) is 11.8 Å². The van der Waals surface area contributed by atoms with E-state index in [4.69, 9.17) is 4.74 Å². The first kappa shape index (κ1) is 27.7. The molecule has 178 valence electrons. The maximum absolute atomic E-state index is 13.6. The van der Waals surface area contributed by atoms with Crippen LogP contribution in [0.4, 0.5) is 13.2 Å². The highest BCUT2D eigenvalue weighted by atomic mass is 127. The number of benzene rings is 1. The topological polar surface area (TPSA) is 76.4 Å². The standard InChI is InChI=1S/C21H29F3N6O.HI/c1-7-10-25-19(27-13-18-29-28-14(2)30(18)6)26-12-15-8-9-16(31-20(3,4)5)11-17(15)21(22,23)24;/h7-9,11H,1,10,12-13H2,2-6H3,(H2,25,26,27);1H. The summed E-state index contributed by atoms with van der Waals surface area (Å²) in [5.74, 6) is 1.92. The average molecular weight is 566 g/mol. The molecule has 32 heavy (non-hydrogen) atoms. The highest BCUT2D eigenvalue weighted by molar-refractivity contribution is 14.0. The molecule has 0 fully saturated rings. The molecule has 0 amide bonds. The number of guanidine groups is 1. The Balaban J connectivity index is 0.00000512. The zero-order chi connectivity index (χ0) is 23.2. The molecule has 0 spiro atoms. The van der Waals surface area contributed by atoms with Crippen LogP contribution in [0.2, 0.25) is 0 Å². The van der Waals surface area contributed by atoms with Crippen LogP contribution in [0.3, 0.4) is 0 Å². The van der Waals surface area contributed by atoms with Crippen LogP contribution in [0.1, 0.15) is 43.5 Å². The number of halogens is 4. The van der Waals surface area contributed by atoms with Crippen LogP contribution in [-0.4, -0.2) is 32.9 Å². The molecule has 11 heteroatoms. The number of ether oxygens (including phenoxy) is 1. The van der Waals surface area contributed by atoms with Crippen LogP contribution < -0.4 is 15.4 Å². The fourth-order valence-corrected chi connectivity index (χ4v) is 2.65. The van der Waals surface area contributed by atoms with Crippen molar-refractivity contribution in [2.75, 3.05) is 6.54 Å². The molecular weight excluding hydrogens is 536 g/mol. The summed E-state index contributed by atoms with van der Waals surface area (Å²) in [6, 6.07) is 3.94. The third-order valence-electron chi connectivity index (χ3n) is 4.23. The Kier molecular flexibility index (Phi) is 9.98. The summed E-state index contributed by atoms with van der Waals surface area (Å²) in [5.41, 5.74) is -1.33. The van der Waals surface area contributed by atoms with Crippen LogP contribution in [0.5, 0.6) is 5.75 Å². The van der Waals surface area contributed by atoms with Gasteiger partial charge >= 0.3 is 6.18 Å². The van der Waals surface area contributed by atoms with Crippen molar-refractivity contribution in [1.82, 2.24) is 25.4 Å². The van der Waals surface area contributed by atoms with Gasteiger partial charge in [-0.2, -0.15) is 13.2 Å². The summed E-state index contributed by atoms with van der Waals surface area (Å²) in [4.78, 5) is 4.31. The fourth-order valence-electron chi connectivity index (χ4n) is 2.65. The molecule has 0 radical (unpaired) electrons. The molecule has 1 aromatic heterocycles. The maximum atomic E-state index is 13.6. The Morgan fingerprint density at radius 3 is 2.44 bits per heavy atom. The van der Waals surface area contributed by atoms with Crippen molar-refractivity contribution in [1.29, 1.82) is 0 Å². The molecular formula is C21H30F3IN6O. The lowest BCUT2D eigenvalue weighted by Crippen LogP contribution is -2.37. The Bertz CT molecular complexity index is 935. The summed E-state index contributed by atoms with van der Waals surface area (Å²) >= 11 is 0. The Morgan fingerprint density at radius 1 is 1.22 bits per heavy atom. The van der Waals surface area contributed by atoms with E-state index in [0.29, 0.717) is 24.9 Å². The number of alkyl halides is 3. The minimum atomic E-state index is -4.53. The van der Waals surface area contributed by atoms with E-state index in [2.05, 4.69) is 32.4 Å². The zero-order valence-electron chi connectivity index (χ0n) is 18.9. The number of nitrogens with zero attached hydrogens (tertiary/aromatic N) is 4. The zero-order valence-corrected chi connectivity index (χ0v) is 21.2. The van der Waals surface area contributed by atoms with E-state index in [1.165, 1.54) is 12.1 Å².